The van der Waals surface area contributed by atoms with Crippen LogP contribution in [0.5, 0.6) is 11.5 Å². The Bertz CT molecular complexity index is 1560. The van der Waals surface area contributed by atoms with E-state index in [4.69, 9.17) is 18.9 Å². The molecule has 1 fully saturated rings. The number of aliphatic hydroxyl groups excluding tert-OH is 2. The highest BCUT2D eigenvalue weighted by Crippen LogP contribution is 2.49. The van der Waals surface area contributed by atoms with Gasteiger partial charge in [-0.15, -0.1) is 0 Å². The summed E-state index contributed by atoms with van der Waals surface area (Å²) in [6, 6.07) is 2.40. The number of aryl methyl sites for hydroxylation is 1. The molecule has 0 aromatic heterocycles. The van der Waals surface area contributed by atoms with E-state index in [1.165, 1.54) is 13.0 Å². The van der Waals surface area contributed by atoms with E-state index in [-0.39, 0.29) is 34.1 Å². The van der Waals surface area contributed by atoms with Crippen LogP contribution in [0.1, 0.15) is 56.4 Å². The van der Waals surface area contributed by atoms with Crippen LogP contribution in [-0.2, 0) is 19.0 Å². The first-order valence-electron chi connectivity index (χ1n) is 12.7. The number of carbonyl (C=O) groups is 4. The maximum atomic E-state index is 13.7. The fourth-order valence-electron chi connectivity index (χ4n) is 5.78. The summed E-state index contributed by atoms with van der Waals surface area (Å²) in [5.41, 5.74) is -8.31. The molecule has 1 heterocycles. The second kappa shape index (κ2) is 9.60. The van der Waals surface area contributed by atoms with Crippen LogP contribution in [-0.4, -0.2) is 98.9 Å². The van der Waals surface area contributed by atoms with Crippen LogP contribution in [0.3, 0.4) is 0 Å². The first-order valence-corrected chi connectivity index (χ1v) is 12.7. The Hall–Kier alpha value is -3.88. The van der Waals surface area contributed by atoms with E-state index in [0.717, 1.165) is 20.3 Å². The highest BCUT2D eigenvalue weighted by molar-refractivity contribution is 6.35. The Morgan fingerprint density at radius 2 is 1.76 bits per heavy atom. The van der Waals surface area contributed by atoms with Crippen molar-refractivity contribution < 1.29 is 63.7 Å². The van der Waals surface area contributed by atoms with Crippen LogP contribution >= 0.6 is 0 Å². The molecule has 2 aromatic rings. The van der Waals surface area contributed by atoms with Crippen molar-refractivity contribution in [3.8, 4) is 11.5 Å². The lowest BCUT2D eigenvalue weighted by atomic mass is 9.60. The molecule has 2 aliphatic carbocycles. The molecule has 1 aliphatic heterocycles. The zero-order chi connectivity index (χ0) is 30.2. The number of esters is 1. The molecule has 13 heteroatoms. The molecular formula is C28H28O13. The summed E-state index contributed by atoms with van der Waals surface area (Å²) in [7, 11) is 2.18. The predicted octanol–water partition coefficient (Wildman–Crippen LogP) is 0.220. The molecule has 6 atom stereocenters. The number of ketones is 3. The standard InChI is InChI=1S/C28H28O13/c1-10-19-12(8-15(20(10)26(35)39-4)41-18-6-5-14(29)11(2)40-18)7-13-21(22(19)31)25(34)27(36)17(30)9-16(38-3)24(33)28(27,37)23(13)32/h7-9,11,14,18,24,29,31,33,36-37H,5-6H2,1-4H3/t11-,14+,18-,24+,27+,28+/m0/s1. The number of methoxy groups -OCH3 is 2. The maximum Gasteiger partial charge on any atom is 0.341 e. The average molecular weight is 573 g/mol. The van der Waals surface area contributed by atoms with E-state index in [9.17, 15) is 44.7 Å². The minimum Gasteiger partial charge on any atom is -0.507 e. The van der Waals surface area contributed by atoms with Crippen molar-refractivity contribution >= 4 is 34.1 Å². The van der Waals surface area contributed by atoms with E-state index in [2.05, 4.69) is 0 Å². The van der Waals surface area contributed by atoms with Crippen LogP contribution in [0.4, 0.5) is 0 Å². The average Bonchev–Trinajstić information content (AvgIpc) is 2.93. The highest BCUT2D eigenvalue weighted by atomic mass is 16.7. The number of ether oxygens (including phenoxy) is 4. The van der Waals surface area contributed by atoms with E-state index >= 15 is 0 Å². The highest BCUT2D eigenvalue weighted by Gasteiger charge is 2.73. The Labute approximate surface area is 232 Å². The van der Waals surface area contributed by atoms with Crippen LogP contribution in [0.15, 0.2) is 24.0 Å². The summed E-state index contributed by atoms with van der Waals surface area (Å²) in [4.78, 5) is 53.1. The largest absolute Gasteiger partial charge is 0.507 e. The number of hydrogen-bond acceptors (Lipinski definition) is 13. The monoisotopic (exact) mass is 572 g/mol. The fourth-order valence-corrected chi connectivity index (χ4v) is 5.78. The number of Topliss-reactive ketones (excluding diaryl/α,β-unsaturated/α-hetero) is 2. The number of benzene rings is 2. The molecule has 0 bridgehead atoms. The van der Waals surface area contributed by atoms with Gasteiger partial charge in [0.15, 0.2) is 12.4 Å². The molecule has 5 rings (SSSR count). The Balaban J connectivity index is 1.75. The van der Waals surface area contributed by atoms with E-state index in [0.29, 0.717) is 12.5 Å². The number of rotatable bonds is 4. The molecule has 13 nitrogen and oxygen atoms in total. The van der Waals surface area contributed by atoms with Gasteiger partial charge < -0.3 is 44.5 Å². The van der Waals surface area contributed by atoms with Gasteiger partial charge in [0, 0.05) is 23.4 Å². The molecular weight excluding hydrogens is 544 g/mol. The fraction of sp³-hybridized carbons (Fsp3) is 0.429. The Morgan fingerprint density at radius 1 is 1.07 bits per heavy atom. The molecule has 0 saturated carbocycles. The third kappa shape index (κ3) is 3.73. The van der Waals surface area contributed by atoms with Gasteiger partial charge in [-0.3, -0.25) is 14.4 Å². The second-order valence-corrected chi connectivity index (χ2v) is 10.3. The lowest BCUT2D eigenvalue weighted by molar-refractivity contribution is -0.180. The normalized spacial score (nSPS) is 31.3. The summed E-state index contributed by atoms with van der Waals surface area (Å²) in [5.74, 6) is -6.73. The van der Waals surface area contributed by atoms with Crippen LogP contribution in [0.25, 0.3) is 10.8 Å². The third-order valence-electron chi connectivity index (χ3n) is 8.10. The summed E-state index contributed by atoms with van der Waals surface area (Å²) in [6.45, 7) is 3.07. The summed E-state index contributed by atoms with van der Waals surface area (Å²) in [6.07, 6.45) is -3.23. The van der Waals surface area contributed by atoms with Gasteiger partial charge in [-0.05, 0) is 43.4 Å². The number of carbonyl (C=O) groups excluding carboxylic acids is 4. The lowest BCUT2D eigenvalue weighted by Crippen LogP contribution is -2.76. The lowest BCUT2D eigenvalue weighted by Gasteiger charge is -2.47. The molecule has 0 amide bonds. The minimum absolute atomic E-state index is 0.0583. The van der Waals surface area contributed by atoms with Crippen LogP contribution in [0.2, 0.25) is 0 Å². The minimum atomic E-state index is -3.48. The molecule has 41 heavy (non-hydrogen) atoms. The number of phenolic OH excluding ortho intramolecular Hbond substituents is 1. The third-order valence-corrected chi connectivity index (χ3v) is 8.10. The molecule has 0 spiro atoms. The Morgan fingerprint density at radius 3 is 2.37 bits per heavy atom. The predicted molar refractivity (Wildman–Crippen MR) is 137 cm³/mol. The van der Waals surface area contributed by atoms with Gasteiger partial charge in [0.2, 0.25) is 28.6 Å². The van der Waals surface area contributed by atoms with Crippen molar-refractivity contribution in [2.75, 3.05) is 14.2 Å². The zero-order valence-electron chi connectivity index (χ0n) is 22.5. The van der Waals surface area contributed by atoms with E-state index < -0.39 is 81.8 Å². The van der Waals surface area contributed by atoms with Gasteiger partial charge in [0.1, 0.15) is 22.8 Å². The smallest absolute Gasteiger partial charge is 0.341 e. The SMILES string of the molecule is COC(=O)c1c(O[C@H]2CC[C@@H](O)[C@H](C)O2)cc2cc3c(c(O)c2c1C)C(=O)[C@]1(O)C(=O)C=C(OC)[C@@H](O)[C@]1(O)C3=O. The van der Waals surface area contributed by atoms with Gasteiger partial charge in [0.25, 0.3) is 0 Å². The molecule has 218 valence electrons. The van der Waals surface area contributed by atoms with Crippen molar-refractivity contribution in [3.05, 3.63) is 46.2 Å². The summed E-state index contributed by atoms with van der Waals surface area (Å²) in [5, 5.41) is 54.6. The maximum absolute atomic E-state index is 13.7. The van der Waals surface area contributed by atoms with E-state index in [1.807, 2.05) is 0 Å². The van der Waals surface area contributed by atoms with Crippen molar-refractivity contribution in [3.63, 3.8) is 0 Å². The quantitative estimate of drug-likeness (QED) is 0.246. The van der Waals surface area contributed by atoms with E-state index in [1.54, 1.807) is 6.92 Å². The number of phenols is 1. The van der Waals surface area contributed by atoms with Gasteiger partial charge >= 0.3 is 5.97 Å². The summed E-state index contributed by atoms with van der Waals surface area (Å²) >= 11 is 0. The number of hydrogen-bond donors (Lipinski definition) is 5. The summed E-state index contributed by atoms with van der Waals surface area (Å²) < 4.78 is 21.4. The van der Waals surface area contributed by atoms with Crippen molar-refractivity contribution in [2.24, 2.45) is 0 Å². The molecule has 1 saturated heterocycles. The van der Waals surface area contributed by atoms with Crippen molar-refractivity contribution in [1.29, 1.82) is 0 Å². The molecule has 0 radical (unpaired) electrons. The number of fused-ring (bicyclic) bond motifs is 3. The molecule has 0 unspecified atom stereocenters. The van der Waals surface area contributed by atoms with Crippen molar-refractivity contribution in [1.82, 2.24) is 0 Å². The van der Waals surface area contributed by atoms with Gasteiger partial charge in [-0.2, -0.15) is 0 Å². The number of aliphatic hydroxyl groups is 4. The second-order valence-electron chi connectivity index (χ2n) is 10.3. The first kappa shape index (κ1) is 28.6. The topological polar surface area (TPSA) is 206 Å². The first-order chi connectivity index (χ1) is 19.2. The van der Waals surface area contributed by atoms with Crippen molar-refractivity contribution in [2.45, 2.75) is 62.5 Å². The van der Waals surface area contributed by atoms with Crippen LogP contribution in [0, 0.1) is 6.92 Å². The van der Waals surface area contributed by atoms with Gasteiger partial charge in [-0.1, -0.05) is 0 Å². The molecule has 2 aromatic carbocycles. The van der Waals surface area contributed by atoms with Gasteiger partial charge in [-0.25, -0.2) is 4.79 Å². The zero-order valence-corrected chi connectivity index (χ0v) is 22.5. The molecule has 3 aliphatic rings. The van der Waals surface area contributed by atoms with Crippen LogP contribution < -0.4 is 4.74 Å². The van der Waals surface area contributed by atoms with Gasteiger partial charge in [0.05, 0.1) is 32.0 Å². The number of aromatic hydroxyl groups is 1. The Kier molecular flexibility index (Phi) is 6.71. The molecule has 5 N–H and O–H groups in total.